The molecular weight excluding hydrogens is 312 g/mol. The normalized spacial score (nSPS) is 30.8. The van der Waals surface area contributed by atoms with E-state index in [1.165, 1.54) is 25.8 Å². The molecule has 5 heteroatoms. The summed E-state index contributed by atoms with van der Waals surface area (Å²) < 4.78 is 0. The Balaban J connectivity index is 1.44. The molecule has 0 aromatic carbocycles. The fraction of sp³-hybridized carbons (Fsp3) is 0.700. The molecule has 0 N–H and O–H groups in total. The molecular formula is C20H30N4O. The van der Waals surface area contributed by atoms with Gasteiger partial charge in [-0.3, -0.25) is 4.79 Å². The van der Waals surface area contributed by atoms with Crippen molar-refractivity contribution in [3.05, 3.63) is 24.4 Å². The number of carbonyl (C=O) groups is 1. The lowest BCUT2D eigenvalue weighted by molar-refractivity contribution is -0.137. The zero-order valence-corrected chi connectivity index (χ0v) is 15.3. The number of hydrogen-bond acceptors (Lipinski definition) is 4. The van der Waals surface area contributed by atoms with Gasteiger partial charge in [-0.25, -0.2) is 4.98 Å². The van der Waals surface area contributed by atoms with Crippen molar-refractivity contribution >= 4 is 11.7 Å². The van der Waals surface area contributed by atoms with Crippen molar-refractivity contribution in [2.24, 2.45) is 5.92 Å². The smallest absolute Gasteiger partial charge is 0.227 e. The highest BCUT2D eigenvalue weighted by Gasteiger charge is 2.41. The molecule has 3 fully saturated rings. The second-order valence-electron chi connectivity index (χ2n) is 7.90. The SMILES string of the molecule is CN1CCC[C@@H]1[C@@H]1CCCN1C(=O)[C@H]1CCCN(c2ccccn2)C1. The van der Waals surface area contributed by atoms with Crippen molar-refractivity contribution in [1.82, 2.24) is 14.8 Å². The molecule has 25 heavy (non-hydrogen) atoms. The van der Waals surface area contributed by atoms with Gasteiger partial charge in [0.05, 0.1) is 5.92 Å². The van der Waals surface area contributed by atoms with Crippen LogP contribution < -0.4 is 4.90 Å². The van der Waals surface area contributed by atoms with Crippen LogP contribution in [0.4, 0.5) is 5.82 Å². The molecule has 0 saturated carbocycles. The number of pyridine rings is 1. The van der Waals surface area contributed by atoms with Crippen LogP contribution in [-0.4, -0.2) is 66.0 Å². The maximum absolute atomic E-state index is 13.3. The van der Waals surface area contributed by atoms with Crippen molar-refractivity contribution in [3.63, 3.8) is 0 Å². The third-order valence-corrected chi connectivity index (χ3v) is 6.35. The van der Waals surface area contributed by atoms with Crippen molar-refractivity contribution in [3.8, 4) is 0 Å². The number of nitrogens with zero attached hydrogens (tertiary/aromatic N) is 4. The number of likely N-dealkylation sites (N-methyl/N-ethyl adjacent to an activating group) is 1. The van der Waals surface area contributed by atoms with Crippen molar-refractivity contribution in [2.75, 3.05) is 38.1 Å². The number of rotatable bonds is 3. The third-order valence-electron chi connectivity index (χ3n) is 6.35. The molecule has 1 amide bonds. The summed E-state index contributed by atoms with van der Waals surface area (Å²) in [6, 6.07) is 7.04. The minimum atomic E-state index is 0.128. The minimum Gasteiger partial charge on any atom is -0.356 e. The maximum Gasteiger partial charge on any atom is 0.227 e. The summed E-state index contributed by atoms with van der Waals surface area (Å²) in [4.78, 5) is 24.8. The van der Waals surface area contributed by atoms with Crippen molar-refractivity contribution in [2.45, 2.75) is 50.6 Å². The summed E-state index contributed by atoms with van der Waals surface area (Å²) in [5, 5.41) is 0. The quantitative estimate of drug-likeness (QED) is 0.846. The lowest BCUT2D eigenvalue weighted by Gasteiger charge is -2.38. The lowest BCUT2D eigenvalue weighted by atomic mass is 9.95. The molecule has 4 rings (SSSR count). The predicted octanol–water partition coefficient (Wildman–Crippen LogP) is 2.38. The van der Waals surface area contributed by atoms with E-state index >= 15 is 0 Å². The second-order valence-corrected chi connectivity index (χ2v) is 7.90. The molecule has 0 spiro atoms. The highest BCUT2D eigenvalue weighted by molar-refractivity contribution is 5.80. The number of anilines is 1. The van der Waals surface area contributed by atoms with Gasteiger partial charge in [-0.15, -0.1) is 0 Å². The molecule has 1 aromatic heterocycles. The average molecular weight is 342 g/mol. The summed E-state index contributed by atoms with van der Waals surface area (Å²) in [5.74, 6) is 1.53. The molecule has 0 aliphatic carbocycles. The molecule has 5 nitrogen and oxygen atoms in total. The number of carbonyl (C=O) groups excluding carboxylic acids is 1. The molecule has 3 aliphatic rings. The van der Waals surface area contributed by atoms with Gasteiger partial charge < -0.3 is 14.7 Å². The van der Waals surface area contributed by atoms with Crippen LogP contribution in [0, 0.1) is 5.92 Å². The van der Waals surface area contributed by atoms with Gasteiger partial charge in [-0.2, -0.15) is 0 Å². The fourth-order valence-corrected chi connectivity index (χ4v) is 5.05. The molecule has 3 saturated heterocycles. The first-order chi connectivity index (χ1) is 12.2. The van der Waals surface area contributed by atoms with Gasteiger partial charge in [0.25, 0.3) is 0 Å². The fourth-order valence-electron chi connectivity index (χ4n) is 5.05. The monoisotopic (exact) mass is 342 g/mol. The van der Waals surface area contributed by atoms with E-state index in [4.69, 9.17) is 0 Å². The Labute approximate surface area is 151 Å². The van der Waals surface area contributed by atoms with Crippen LogP contribution in [0.5, 0.6) is 0 Å². The third kappa shape index (κ3) is 3.39. The van der Waals surface area contributed by atoms with Crippen LogP contribution in [0.1, 0.15) is 38.5 Å². The first-order valence-electron chi connectivity index (χ1n) is 9.91. The van der Waals surface area contributed by atoms with Crippen molar-refractivity contribution in [1.29, 1.82) is 0 Å². The van der Waals surface area contributed by atoms with E-state index in [0.717, 1.165) is 44.7 Å². The summed E-state index contributed by atoms with van der Waals surface area (Å²) in [5.41, 5.74) is 0. The molecule has 136 valence electrons. The number of aromatic nitrogens is 1. The first kappa shape index (κ1) is 16.8. The summed E-state index contributed by atoms with van der Waals surface area (Å²) in [7, 11) is 2.22. The van der Waals surface area contributed by atoms with Crippen LogP contribution in [0.15, 0.2) is 24.4 Å². The zero-order valence-electron chi connectivity index (χ0n) is 15.3. The summed E-state index contributed by atoms with van der Waals surface area (Å²) >= 11 is 0. The van der Waals surface area contributed by atoms with E-state index in [2.05, 4.69) is 32.8 Å². The zero-order chi connectivity index (χ0) is 17.2. The van der Waals surface area contributed by atoms with E-state index in [-0.39, 0.29) is 5.92 Å². The van der Waals surface area contributed by atoms with Crippen LogP contribution in [0.25, 0.3) is 0 Å². The highest BCUT2D eigenvalue weighted by Crippen LogP contribution is 2.32. The van der Waals surface area contributed by atoms with Gasteiger partial charge in [-0.1, -0.05) is 6.07 Å². The van der Waals surface area contributed by atoms with Crippen LogP contribution >= 0.6 is 0 Å². The van der Waals surface area contributed by atoms with Crippen molar-refractivity contribution < 1.29 is 4.79 Å². The van der Waals surface area contributed by atoms with E-state index < -0.39 is 0 Å². The number of amides is 1. The van der Waals surface area contributed by atoms with Gasteiger partial charge in [-0.05, 0) is 64.3 Å². The van der Waals surface area contributed by atoms with Crippen LogP contribution in [0.3, 0.4) is 0 Å². The van der Waals surface area contributed by atoms with E-state index in [1.54, 1.807) is 0 Å². The Morgan fingerprint density at radius 3 is 2.60 bits per heavy atom. The molecule has 4 heterocycles. The van der Waals surface area contributed by atoms with Gasteiger partial charge in [0, 0.05) is 37.9 Å². The summed E-state index contributed by atoms with van der Waals surface area (Å²) in [6.07, 6.45) is 8.80. The summed E-state index contributed by atoms with van der Waals surface area (Å²) in [6.45, 7) is 3.96. The number of piperidine rings is 1. The lowest BCUT2D eigenvalue weighted by Crippen LogP contribution is -2.51. The predicted molar refractivity (Wildman–Crippen MR) is 99.6 cm³/mol. The Bertz CT molecular complexity index is 593. The molecule has 3 aliphatic heterocycles. The van der Waals surface area contributed by atoms with Crippen LogP contribution in [-0.2, 0) is 4.79 Å². The van der Waals surface area contributed by atoms with Gasteiger partial charge in [0.15, 0.2) is 0 Å². The van der Waals surface area contributed by atoms with Gasteiger partial charge in [0.1, 0.15) is 5.82 Å². The van der Waals surface area contributed by atoms with Gasteiger partial charge in [0.2, 0.25) is 5.91 Å². The second kappa shape index (κ2) is 7.32. The number of likely N-dealkylation sites (tertiary alicyclic amines) is 2. The topological polar surface area (TPSA) is 39.7 Å². The van der Waals surface area contributed by atoms with E-state index in [9.17, 15) is 4.79 Å². The Hall–Kier alpha value is -1.62. The van der Waals surface area contributed by atoms with Gasteiger partial charge >= 0.3 is 0 Å². The van der Waals surface area contributed by atoms with E-state index in [1.807, 2.05) is 18.3 Å². The standard InChI is InChI=1S/C20H30N4O/c1-22-12-5-8-17(22)18-9-6-14-24(18)20(25)16-7-4-13-23(15-16)19-10-2-3-11-21-19/h2-3,10-11,16-18H,4-9,12-15H2,1H3/t16-,17+,18-/m0/s1. The number of hydrogen-bond donors (Lipinski definition) is 0. The minimum absolute atomic E-state index is 0.128. The van der Waals surface area contributed by atoms with Crippen LogP contribution in [0.2, 0.25) is 0 Å². The molecule has 3 atom stereocenters. The molecule has 0 radical (unpaired) electrons. The Morgan fingerprint density at radius 1 is 1.04 bits per heavy atom. The average Bonchev–Trinajstić information content (AvgIpc) is 3.30. The molecule has 0 bridgehead atoms. The Morgan fingerprint density at radius 2 is 1.84 bits per heavy atom. The largest absolute Gasteiger partial charge is 0.356 e. The van der Waals surface area contributed by atoms with E-state index in [0.29, 0.717) is 18.0 Å². The maximum atomic E-state index is 13.3. The highest BCUT2D eigenvalue weighted by atomic mass is 16.2. The first-order valence-corrected chi connectivity index (χ1v) is 9.91. The molecule has 0 unspecified atom stereocenters. The Kier molecular flexibility index (Phi) is 4.93. The molecule has 1 aromatic rings.